The molecule has 2 heterocycles. The summed E-state index contributed by atoms with van der Waals surface area (Å²) in [4.78, 5) is 4.25. The van der Waals surface area contributed by atoms with Crippen LogP contribution in [0.2, 0.25) is 24.3 Å². The SMILES string of the molecule is CCC[Si](C)(C)OC(C)(C)c1cc(C2(CN)CCCO2)nc(Cl)c1F. The first kappa shape index (κ1) is 20.8. The summed E-state index contributed by atoms with van der Waals surface area (Å²) in [5.41, 5.74) is 5.50. The number of rotatable bonds is 7. The van der Waals surface area contributed by atoms with Gasteiger partial charge < -0.3 is 14.9 Å². The number of ether oxygens (including phenoxy) is 1. The molecule has 2 rings (SSSR count). The smallest absolute Gasteiger partial charge is 0.187 e. The Hall–Kier alpha value is -0.533. The van der Waals surface area contributed by atoms with Gasteiger partial charge in [-0.2, -0.15) is 0 Å². The van der Waals surface area contributed by atoms with Gasteiger partial charge in [-0.15, -0.1) is 0 Å². The minimum absolute atomic E-state index is 0.150. The summed E-state index contributed by atoms with van der Waals surface area (Å²) in [6, 6.07) is 2.75. The molecule has 0 aromatic carbocycles. The molecule has 4 nitrogen and oxygen atoms in total. The van der Waals surface area contributed by atoms with E-state index in [1.807, 2.05) is 13.8 Å². The molecule has 0 spiro atoms. The minimum atomic E-state index is -1.92. The third kappa shape index (κ3) is 4.42. The van der Waals surface area contributed by atoms with Crippen LogP contribution in [0.25, 0.3) is 0 Å². The highest BCUT2D eigenvalue weighted by Gasteiger charge is 2.40. The van der Waals surface area contributed by atoms with Gasteiger partial charge in [0.25, 0.3) is 0 Å². The Morgan fingerprint density at radius 2 is 2.16 bits per heavy atom. The van der Waals surface area contributed by atoms with E-state index < -0.39 is 25.3 Å². The fourth-order valence-corrected chi connectivity index (χ4v) is 6.72. The first-order valence-corrected chi connectivity index (χ1v) is 12.5. The van der Waals surface area contributed by atoms with Crippen molar-refractivity contribution in [3.05, 3.63) is 28.3 Å². The molecule has 1 saturated heterocycles. The standard InChI is InChI=1S/C18H30ClFN2O2Si/c1-6-10-25(4,5)24-17(2,3)13-11-14(22-16(19)15(13)20)18(12-21)8-7-9-23-18/h11H,6-10,12,21H2,1-5H3. The molecule has 142 valence electrons. The summed E-state index contributed by atoms with van der Waals surface area (Å²) in [6.45, 7) is 11.1. The van der Waals surface area contributed by atoms with Crippen molar-refractivity contribution >= 4 is 19.9 Å². The number of aromatic nitrogens is 1. The Kier molecular flexibility index (Phi) is 6.32. The average Bonchev–Trinajstić information content (AvgIpc) is 2.98. The van der Waals surface area contributed by atoms with Crippen LogP contribution in [0, 0.1) is 5.82 Å². The monoisotopic (exact) mass is 388 g/mol. The topological polar surface area (TPSA) is 57.4 Å². The summed E-state index contributed by atoms with van der Waals surface area (Å²) in [5.74, 6) is -0.526. The molecule has 1 aromatic rings. The molecule has 25 heavy (non-hydrogen) atoms. The van der Waals surface area contributed by atoms with Gasteiger partial charge in [0.05, 0.1) is 11.3 Å². The Bertz CT molecular complexity index is 619. The molecule has 0 saturated carbocycles. The normalized spacial score (nSPS) is 21.8. The number of nitrogens with zero attached hydrogens (tertiary/aromatic N) is 1. The molecular formula is C18H30ClFN2O2Si. The Morgan fingerprint density at radius 3 is 2.68 bits per heavy atom. The second-order valence-electron chi connectivity index (χ2n) is 7.93. The number of pyridine rings is 1. The molecule has 0 amide bonds. The van der Waals surface area contributed by atoms with Crippen molar-refractivity contribution in [1.29, 1.82) is 0 Å². The highest BCUT2D eigenvalue weighted by Crippen LogP contribution is 2.39. The van der Waals surface area contributed by atoms with Crippen LogP contribution in [-0.2, 0) is 20.4 Å². The zero-order chi connectivity index (χ0) is 18.9. The predicted octanol–water partition coefficient (Wildman–Crippen LogP) is 4.71. The van der Waals surface area contributed by atoms with Crippen molar-refractivity contribution in [3.8, 4) is 0 Å². The number of halogens is 2. The van der Waals surface area contributed by atoms with Gasteiger partial charge in [-0.05, 0) is 51.9 Å². The van der Waals surface area contributed by atoms with Crippen LogP contribution in [-0.4, -0.2) is 26.5 Å². The number of hydrogen-bond acceptors (Lipinski definition) is 4. The maximum atomic E-state index is 14.8. The quantitative estimate of drug-likeness (QED) is 0.543. The van der Waals surface area contributed by atoms with E-state index in [2.05, 4.69) is 25.0 Å². The van der Waals surface area contributed by atoms with Crippen LogP contribution in [0.5, 0.6) is 0 Å². The van der Waals surface area contributed by atoms with Gasteiger partial charge in [-0.25, -0.2) is 9.37 Å². The lowest BCUT2D eigenvalue weighted by Gasteiger charge is -2.36. The lowest BCUT2D eigenvalue weighted by Crippen LogP contribution is -2.40. The largest absolute Gasteiger partial charge is 0.408 e. The highest BCUT2D eigenvalue weighted by molar-refractivity contribution is 6.71. The van der Waals surface area contributed by atoms with E-state index in [4.69, 9.17) is 26.5 Å². The van der Waals surface area contributed by atoms with Crippen LogP contribution in [0.4, 0.5) is 4.39 Å². The first-order chi connectivity index (χ1) is 11.6. The maximum Gasteiger partial charge on any atom is 0.187 e. The fourth-order valence-electron chi connectivity index (χ4n) is 3.73. The molecule has 1 fully saturated rings. The zero-order valence-corrected chi connectivity index (χ0v) is 17.7. The second kappa shape index (κ2) is 7.60. The summed E-state index contributed by atoms with van der Waals surface area (Å²) in [6.07, 6.45) is 2.71. The maximum absolute atomic E-state index is 14.8. The lowest BCUT2D eigenvalue weighted by molar-refractivity contribution is 0.00383. The molecule has 0 bridgehead atoms. The van der Waals surface area contributed by atoms with E-state index in [9.17, 15) is 4.39 Å². The minimum Gasteiger partial charge on any atom is -0.408 e. The number of nitrogens with two attached hydrogens (primary N) is 1. The van der Waals surface area contributed by atoms with Gasteiger partial charge >= 0.3 is 0 Å². The molecule has 1 atom stereocenters. The molecule has 1 aliphatic heterocycles. The summed E-state index contributed by atoms with van der Waals surface area (Å²) >= 11 is 6.13. The zero-order valence-electron chi connectivity index (χ0n) is 15.9. The van der Waals surface area contributed by atoms with Gasteiger partial charge in [0.2, 0.25) is 0 Å². The van der Waals surface area contributed by atoms with E-state index in [-0.39, 0.29) is 5.15 Å². The van der Waals surface area contributed by atoms with Crippen molar-refractivity contribution in [2.24, 2.45) is 5.73 Å². The van der Waals surface area contributed by atoms with Crippen molar-refractivity contribution in [1.82, 2.24) is 4.98 Å². The van der Waals surface area contributed by atoms with E-state index in [1.165, 1.54) is 0 Å². The number of hydrogen-bond donors (Lipinski definition) is 1. The Balaban J connectivity index is 2.46. The predicted molar refractivity (Wildman–Crippen MR) is 102 cm³/mol. The van der Waals surface area contributed by atoms with Crippen molar-refractivity contribution < 1.29 is 13.6 Å². The molecule has 1 aromatic heterocycles. The van der Waals surface area contributed by atoms with Crippen LogP contribution in [0.15, 0.2) is 6.07 Å². The van der Waals surface area contributed by atoms with E-state index >= 15 is 0 Å². The molecule has 1 unspecified atom stereocenters. The first-order valence-electron chi connectivity index (χ1n) is 8.98. The molecule has 0 aliphatic carbocycles. The summed E-state index contributed by atoms with van der Waals surface area (Å²) in [7, 11) is -1.92. The van der Waals surface area contributed by atoms with Crippen molar-refractivity contribution in [3.63, 3.8) is 0 Å². The summed E-state index contributed by atoms with van der Waals surface area (Å²) < 4.78 is 27.1. The van der Waals surface area contributed by atoms with Crippen LogP contribution < -0.4 is 5.73 Å². The molecule has 2 N–H and O–H groups in total. The van der Waals surface area contributed by atoms with Crippen LogP contribution in [0.1, 0.15) is 51.3 Å². The van der Waals surface area contributed by atoms with E-state index in [1.54, 1.807) is 6.07 Å². The van der Waals surface area contributed by atoms with Gasteiger partial charge in [0, 0.05) is 18.7 Å². The third-order valence-corrected chi connectivity index (χ3v) is 7.87. The van der Waals surface area contributed by atoms with Gasteiger partial charge in [0.1, 0.15) is 5.60 Å². The third-order valence-electron chi connectivity index (χ3n) is 4.85. The molecule has 0 radical (unpaired) electrons. The van der Waals surface area contributed by atoms with E-state index in [0.717, 1.165) is 25.3 Å². The lowest BCUT2D eigenvalue weighted by atomic mass is 9.91. The molecule has 1 aliphatic rings. The Morgan fingerprint density at radius 1 is 1.48 bits per heavy atom. The van der Waals surface area contributed by atoms with Gasteiger partial charge in [-0.1, -0.05) is 24.9 Å². The second-order valence-corrected chi connectivity index (χ2v) is 12.5. The van der Waals surface area contributed by atoms with Crippen LogP contribution >= 0.6 is 11.6 Å². The molecule has 7 heteroatoms. The van der Waals surface area contributed by atoms with Gasteiger partial charge in [0.15, 0.2) is 19.3 Å². The van der Waals surface area contributed by atoms with Crippen LogP contribution in [0.3, 0.4) is 0 Å². The van der Waals surface area contributed by atoms with Gasteiger partial charge in [-0.3, -0.25) is 0 Å². The van der Waals surface area contributed by atoms with E-state index in [0.29, 0.717) is 24.4 Å². The van der Waals surface area contributed by atoms with Crippen molar-refractivity contribution in [2.75, 3.05) is 13.2 Å². The van der Waals surface area contributed by atoms with Crippen molar-refractivity contribution in [2.45, 2.75) is 70.4 Å². The average molecular weight is 389 g/mol. The highest BCUT2D eigenvalue weighted by atomic mass is 35.5. The Labute approximate surface area is 156 Å². The summed E-state index contributed by atoms with van der Waals surface area (Å²) in [5, 5.41) is -0.150. The fraction of sp³-hybridized carbons (Fsp3) is 0.722. The molecular weight excluding hydrogens is 359 g/mol.